The summed E-state index contributed by atoms with van der Waals surface area (Å²) in [6.45, 7) is 11.2. The van der Waals surface area contributed by atoms with E-state index in [1.807, 2.05) is 6.20 Å². The third kappa shape index (κ3) is 2.27. The van der Waals surface area contributed by atoms with E-state index in [1.54, 1.807) is 0 Å². The van der Waals surface area contributed by atoms with Crippen LogP contribution < -0.4 is 0 Å². The minimum absolute atomic E-state index is 0.584. The third-order valence-electron chi connectivity index (χ3n) is 3.50. The maximum Gasteiger partial charge on any atom is 0.0576 e. The number of pyridine rings is 1. The van der Waals surface area contributed by atoms with E-state index in [9.17, 15) is 0 Å². The summed E-state index contributed by atoms with van der Waals surface area (Å²) < 4.78 is 0. The Hall–Kier alpha value is -0.890. The van der Waals surface area contributed by atoms with Gasteiger partial charge in [-0.15, -0.1) is 0 Å². The van der Waals surface area contributed by atoms with Crippen molar-refractivity contribution in [2.45, 2.75) is 52.6 Å². The highest BCUT2D eigenvalue weighted by Gasteiger charge is 2.19. The molecule has 0 fully saturated rings. The summed E-state index contributed by atoms with van der Waals surface area (Å²) in [4.78, 5) is 7.12. The lowest BCUT2D eigenvalue weighted by Crippen LogP contribution is -2.36. The molecule has 2 rings (SSSR count). The van der Waals surface area contributed by atoms with Gasteiger partial charge in [0.15, 0.2) is 0 Å². The first-order chi connectivity index (χ1) is 7.58. The van der Waals surface area contributed by atoms with Gasteiger partial charge in [0.2, 0.25) is 0 Å². The molecule has 0 spiro atoms. The van der Waals surface area contributed by atoms with Crippen molar-refractivity contribution < 1.29 is 0 Å². The fourth-order valence-corrected chi connectivity index (χ4v) is 2.21. The van der Waals surface area contributed by atoms with E-state index < -0.39 is 0 Å². The molecule has 88 valence electrons. The number of nitrogens with zero attached hydrogens (tertiary/aromatic N) is 2. The topological polar surface area (TPSA) is 16.1 Å². The summed E-state index contributed by atoms with van der Waals surface area (Å²) in [6, 6.07) is 2.98. The minimum Gasteiger partial charge on any atom is -0.295 e. The van der Waals surface area contributed by atoms with Crippen LogP contribution in [0.25, 0.3) is 0 Å². The van der Waals surface area contributed by atoms with Gasteiger partial charge in [-0.1, -0.05) is 19.9 Å². The molecular weight excluding hydrogens is 196 g/mol. The Morgan fingerprint density at radius 3 is 2.62 bits per heavy atom. The van der Waals surface area contributed by atoms with Crippen LogP contribution in [0.15, 0.2) is 12.3 Å². The Morgan fingerprint density at radius 1 is 1.25 bits per heavy atom. The molecule has 1 aromatic heterocycles. The fourth-order valence-electron chi connectivity index (χ4n) is 2.21. The fraction of sp³-hybridized carbons (Fsp3) is 0.643. The summed E-state index contributed by atoms with van der Waals surface area (Å²) in [6.07, 6.45) is 3.20. The van der Waals surface area contributed by atoms with Crippen molar-refractivity contribution in [3.63, 3.8) is 0 Å². The van der Waals surface area contributed by atoms with Crippen molar-refractivity contribution in [3.05, 3.63) is 29.1 Å². The SMILES string of the molecule is CC(C)c1cnc2c(c1)CCN(C(C)C)C2. The Balaban J connectivity index is 2.22. The average molecular weight is 218 g/mol. The number of fused-ring (bicyclic) bond motifs is 1. The first kappa shape index (κ1) is 11.6. The average Bonchev–Trinajstić information content (AvgIpc) is 2.27. The van der Waals surface area contributed by atoms with Crippen molar-refractivity contribution in [3.8, 4) is 0 Å². The van der Waals surface area contributed by atoms with E-state index in [2.05, 4.69) is 43.6 Å². The molecule has 1 aliphatic heterocycles. The zero-order valence-corrected chi connectivity index (χ0v) is 10.8. The molecule has 0 bridgehead atoms. The summed E-state index contributed by atoms with van der Waals surface area (Å²) in [5.41, 5.74) is 4.11. The van der Waals surface area contributed by atoms with E-state index in [4.69, 9.17) is 0 Å². The predicted molar refractivity (Wildman–Crippen MR) is 67.6 cm³/mol. The van der Waals surface area contributed by atoms with Crippen LogP contribution in [0.5, 0.6) is 0 Å². The van der Waals surface area contributed by atoms with E-state index in [1.165, 1.54) is 23.4 Å². The van der Waals surface area contributed by atoms with Gasteiger partial charge >= 0.3 is 0 Å². The number of rotatable bonds is 2. The highest BCUT2D eigenvalue weighted by Crippen LogP contribution is 2.22. The molecular formula is C14H22N2. The maximum absolute atomic E-state index is 4.63. The van der Waals surface area contributed by atoms with Gasteiger partial charge in [0.1, 0.15) is 0 Å². The second-order valence-corrected chi connectivity index (χ2v) is 5.34. The van der Waals surface area contributed by atoms with Crippen LogP contribution in [0.3, 0.4) is 0 Å². The highest BCUT2D eigenvalue weighted by molar-refractivity contribution is 5.29. The van der Waals surface area contributed by atoms with Gasteiger partial charge in [0.05, 0.1) is 5.69 Å². The highest BCUT2D eigenvalue weighted by atomic mass is 15.2. The van der Waals surface area contributed by atoms with Crippen LogP contribution >= 0.6 is 0 Å². The Morgan fingerprint density at radius 2 is 2.00 bits per heavy atom. The molecule has 0 N–H and O–H groups in total. The molecule has 0 unspecified atom stereocenters. The standard InChI is InChI=1S/C14H22N2/c1-10(2)13-7-12-5-6-16(11(3)4)9-14(12)15-8-13/h7-8,10-11H,5-6,9H2,1-4H3. The number of hydrogen-bond acceptors (Lipinski definition) is 2. The van der Waals surface area contributed by atoms with Crippen LogP contribution in [-0.4, -0.2) is 22.5 Å². The number of hydrogen-bond donors (Lipinski definition) is 0. The Bertz CT molecular complexity index is 369. The maximum atomic E-state index is 4.63. The van der Waals surface area contributed by atoms with Crippen molar-refractivity contribution in [2.75, 3.05) is 6.54 Å². The lowest BCUT2D eigenvalue weighted by molar-refractivity contribution is 0.200. The molecule has 1 aromatic rings. The Labute approximate surface area is 98.7 Å². The molecule has 16 heavy (non-hydrogen) atoms. The van der Waals surface area contributed by atoms with Crippen LogP contribution in [-0.2, 0) is 13.0 Å². The third-order valence-corrected chi connectivity index (χ3v) is 3.50. The number of aromatic nitrogens is 1. The van der Waals surface area contributed by atoms with Crippen LogP contribution in [0.4, 0.5) is 0 Å². The van der Waals surface area contributed by atoms with E-state index in [-0.39, 0.29) is 0 Å². The minimum atomic E-state index is 0.584. The second-order valence-electron chi connectivity index (χ2n) is 5.34. The molecule has 0 amide bonds. The molecule has 2 heteroatoms. The zero-order chi connectivity index (χ0) is 11.7. The van der Waals surface area contributed by atoms with Gasteiger partial charge < -0.3 is 0 Å². The van der Waals surface area contributed by atoms with Gasteiger partial charge in [0.25, 0.3) is 0 Å². The lowest BCUT2D eigenvalue weighted by atomic mass is 9.98. The summed E-state index contributed by atoms with van der Waals surface area (Å²) in [5.74, 6) is 0.584. The van der Waals surface area contributed by atoms with Gasteiger partial charge in [-0.3, -0.25) is 9.88 Å². The smallest absolute Gasteiger partial charge is 0.0576 e. The van der Waals surface area contributed by atoms with Gasteiger partial charge in [-0.2, -0.15) is 0 Å². The zero-order valence-electron chi connectivity index (χ0n) is 10.8. The summed E-state index contributed by atoms with van der Waals surface area (Å²) in [7, 11) is 0. The molecule has 0 atom stereocenters. The monoisotopic (exact) mass is 218 g/mol. The molecule has 0 saturated carbocycles. The quantitative estimate of drug-likeness (QED) is 0.758. The summed E-state index contributed by atoms with van der Waals surface area (Å²) in [5, 5.41) is 0. The first-order valence-corrected chi connectivity index (χ1v) is 6.29. The molecule has 0 saturated heterocycles. The van der Waals surface area contributed by atoms with E-state index >= 15 is 0 Å². The normalized spacial score (nSPS) is 16.9. The largest absolute Gasteiger partial charge is 0.295 e. The van der Waals surface area contributed by atoms with Crippen molar-refractivity contribution in [2.24, 2.45) is 0 Å². The van der Waals surface area contributed by atoms with Gasteiger partial charge in [-0.05, 0) is 37.3 Å². The lowest BCUT2D eigenvalue weighted by Gasteiger charge is -2.31. The van der Waals surface area contributed by atoms with Crippen molar-refractivity contribution >= 4 is 0 Å². The molecule has 0 radical (unpaired) electrons. The van der Waals surface area contributed by atoms with Gasteiger partial charge in [0, 0.05) is 25.3 Å². The van der Waals surface area contributed by atoms with Crippen molar-refractivity contribution in [1.29, 1.82) is 0 Å². The molecule has 1 aliphatic rings. The molecule has 2 nitrogen and oxygen atoms in total. The Kier molecular flexibility index (Phi) is 3.29. The van der Waals surface area contributed by atoms with Crippen LogP contribution in [0.2, 0.25) is 0 Å². The predicted octanol–water partition coefficient (Wildman–Crippen LogP) is 2.97. The van der Waals surface area contributed by atoms with Gasteiger partial charge in [-0.25, -0.2) is 0 Å². The van der Waals surface area contributed by atoms with Crippen LogP contribution in [0, 0.1) is 0 Å². The van der Waals surface area contributed by atoms with Crippen molar-refractivity contribution in [1.82, 2.24) is 9.88 Å². The second kappa shape index (κ2) is 4.54. The van der Waals surface area contributed by atoms with E-state index in [0.29, 0.717) is 12.0 Å². The molecule has 0 aliphatic carbocycles. The first-order valence-electron chi connectivity index (χ1n) is 6.29. The van der Waals surface area contributed by atoms with Crippen LogP contribution in [0.1, 0.15) is 50.4 Å². The summed E-state index contributed by atoms with van der Waals surface area (Å²) >= 11 is 0. The molecule has 2 heterocycles. The van der Waals surface area contributed by atoms with E-state index in [0.717, 1.165) is 13.0 Å². The molecule has 0 aromatic carbocycles.